The molecular weight excluding hydrogens is 186 g/mol. The summed E-state index contributed by atoms with van der Waals surface area (Å²) in [5.41, 5.74) is 9.28. The average molecular weight is 215 g/mol. The van der Waals surface area contributed by atoms with E-state index in [2.05, 4.69) is 19.3 Å². The summed E-state index contributed by atoms with van der Waals surface area (Å²) in [4.78, 5) is 0. The molecular formula is C12H29N3. The zero-order valence-corrected chi connectivity index (χ0v) is 11.0. The molecule has 0 bridgehead atoms. The fraction of sp³-hybridized carbons (Fsp3) is 1.00. The van der Waals surface area contributed by atoms with E-state index >= 15 is 0 Å². The summed E-state index contributed by atoms with van der Waals surface area (Å²) in [5.74, 6) is 0. The fourth-order valence-corrected chi connectivity index (χ4v) is 1.86. The van der Waals surface area contributed by atoms with E-state index in [4.69, 9.17) is 5.73 Å². The monoisotopic (exact) mass is 215 g/mol. The Morgan fingerprint density at radius 2 is 1.73 bits per heavy atom. The van der Waals surface area contributed by atoms with Gasteiger partial charge in [-0.2, -0.15) is 0 Å². The van der Waals surface area contributed by atoms with E-state index < -0.39 is 0 Å². The molecule has 0 amide bonds. The molecule has 3 N–H and O–H groups in total. The number of hydrogen-bond donors (Lipinski definition) is 2. The average Bonchev–Trinajstić information content (AvgIpc) is 2.16. The molecule has 0 saturated carbocycles. The Bertz CT molecular complexity index is 148. The van der Waals surface area contributed by atoms with Gasteiger partial charge in [0.1, 0.15) is 0 Å². The molecule has 0 spiro atoms. The smallest absolute Gasteiger partial charge is 0.0419 e. The minimum Gasteiger partial charge on any atom is -0.329 e. The molecule has 0 radical (unpaired) electrons. The van der Waals surface area contributed by atoms with Crippen molar-refractivity contribution in [1.82, 2.24) is 10.4 Å². The summed E-state index contributed by atoms with van der Waals surface area (Å²) in [6, 6.07) is 0. The lowest BCUT2D eigenvalue weighted by molar-refractivity contribution is 0.164. The molecule has 15 heavy (non-hydrogen) atoms. The quantitative estimate of drug-likeness (QED) is 0.457. The summed E-state index contributed by atoms with van der Waals surface area (Å²) < 4.78 is 0. The van der Waals surface area contributed by atoms with E-state index in [1.807, 2.05) is 19.1 Å². The summed E-state index contributed by atoms with van der Waals surface area (Å²) in [6.45, 7) is 5.14. The van der Waals surface area contributed by atoms with E-state index in [1.165, 1.54) is 32.1 Å². The van der Waals surface area contributed by atoms with Crippen molar-refractivity contribution in [3.05, 3.63) is 0 Å². The van der Waals surface area contributed by atoms with Crippen LogP contribution in [0.1, 0.15) is 52.4 Å². The third kappa shape index (κ3) is 7.77. The first-order chi connectivity index (χ1) is 7.04. The molecule has 0 aliphatic heterocycles. The van der Waals surface area contributed by atoms with Crippen LogP contribution in [-0.2, 0) is 0 Å². The van der Waals surface area contributed by atoms with Gasteiger partial charge in [-0.3, -0.25) is 5.01 Å². The van der Waals surface area contributed by atoms with Crippen LogP contribution in [0, 0.1) is 0 Å². The number of nitrogens with zero attached hydrogens (tertiary/aromatic N) is 1. The summed E-state index contributed by atoms with van der Waals surface area (Å²) >= 11 is 0. The number of hydrazine groups is 1. The van der Waals surface area contributed by atoms with E-state index in [9.17, 15) is 0 Å². The van der Waals surface area contributed by atoms with Gasteiger partial charge in [0.05, 0.1) is 0 Å². The van der Waals surface area contributed by atoms with Crippen molar-refractivity contribution in [1.29, 1.82) is 0 Å². The Morgan fingerprint density at radius 3 is 2.20 bits per heavy atom. The fourth-order valence-electron chi connectivity index (χ4n) is 1.86. The third-order valence-corrected chi connectivity index (χ3v) is 2.78. The Hall–Kier alpha value is -0.120. The van der Waals surface area contributed by atoms with Crippen LogP contribution in [0.5, 0.6) is 0 Å². The maximum atomic E-state index is 5.81. The molecule has 0 heterocycles. The maximum Gasteiger partial charge on any atom is 0.0419 e. The Labute approximate surface area is 95.4 Å². The normalized spacial score (nSPS) is 15.6. The van der Waals surface area contributed by atoms with Gasteiger partial charge in [0.2, 0.25) is 0 Å². The van der Waals surface area contributed by atoms with Crippen LogP contribution in [-0.4, -0.2) is 31.2 Å². The molecule has 3 heteroatoms. The standard InChI is InChI=1S/C12H29N3/c1-5-6-7-8-9-10-12(2,11-13)14-15(3)4/h14H,5-11,13H2,1-4H3. The zero-order chi connectivity index (χ0) is 11.7. The molecule has 1 unspecified atom stereocenters. The Morgan fingerprint density at radius 1 is 1.13 bits per heavy atom. The molecule has 3 nitrogen and oxygen atoms in total. The number of nitrogens with one attached hydrogen (secondary N) is 1. The van der Waals surface area contributed by atoms with Crippen LogP contribution in [0.4, 0.5) is 0 Å². The maximum absolute atomic E-state index is 5.81. The Kier molecular flexibility index (Phi) is 8.02. The highest BCUT2D eigenvalue weighted by Crippen LogP contribution is 2.14. The summed E-state index contributed by atoms with van der Waals surface area (Å²) in [5, 5.41) is 2.00. The van der Waals surface area contributed by atoms with Crippen LogP contribution in [0.15, 0.2) is 0 Å². The lowest BCUT2D eigenvalue weighted by Gasteiger charge is -2.32. The number of hydrogen-bond acceptors (Lipinski definition) is 3. The highest BCUT2D eigenvalue weighted by atomic mass is 15.5. The van der Waals surface area contributed by atoms with Crippen molar-refractivity contribution < 1.29 is 0 Å². The number of nitrogens with two attached hydrogens (primary N) is 1. The minimum atomic E-state index is 0.0652. The predicted octanol–water partition coefficient (Wildman–Crippen LogP) is 2.13. The summed E-state index contributed by atoms with van der Waals surface area (Å²) in [6.07, 6.45) is 7.79. The van der Waals surface area contributed by atoms with Crippen molar-refractivity contribution in [3.63, 3.8) is 0 Å². The lowest BCUT2D eigenvalue weighted by atomic mass is 9.95. The van der Waals surface area contributed by atoms with E-state index in [-0.39, 0.29) is 5.54 Å². The van der Waals surface area contributed by atoms with Gasteiger partial charge in [-0.25, -0.2) is 5.43 Å². The molecule has 0 aromatic rings. The van der Waals surface area contributed by atoms with Crippen LogP contribution in [0.2, 0.25) is 0 Å². The highest BCUT2D eigenvalue weighted by Gasteiger charge is 2.21. The van der Waals surface area contributed by atoms with Crippen molar-refractivity contribution in [2.75, 3.05) is 20.6 Å². The van der Waals surface area contributed by atoms with Crippen LogP contribution in [0.3, 0.4) is 0 Å². The lowest BCUT2D eigenvalue weighted by Crippen LogP contribution is -2.54. The van der Waals surface area contributed by atoms with Crippen LogP contribution in [0.25, 0.3) is 0 Å². The first-order valence-corrected chi connectivity index (χ1v) is 6.19. The molecule has 0 aliphatic carbocycles. The highest BCUT2D eigenvalue weighted by molar-refractivity contribution is 4.82. The van der Waals surface area contributed by atoms with Gasteiger partial charge in [-0.05, 0) is 13.3 Å². The van der Waals surface area contributed by atoms with Gasteiger partial charge < -0.3 is 5.73 Å². The first kappa shape index (κ1) is 14.9. The molecule has 0 aliphatic rings. The molecule has 0 aromatic carbocycles. The van der Waals surface area contributed by atoms with Crippen molar-refractivity contribution in [2.45, 2.75) is 57.9 Å². The molecule has 0 saturated heterocycles. The third-order valence-electron chi connectivity index (χ3n) is 2.78. The Balaban J connectivity index is 3.68. The number of rotatable bonds is 9. The van der Waals surface area contributed by atoms with Gasteiger partial charge in [-0.1, -0.05) is 39.0 Å². The second-order valence-electron chi connectivity index (χ2n) is 4.94. The molecule has 1 atom stereocenters. The zero-order valence-electron chi connectivity index (χ0n) is 11.0. The molecule has 0 fully saturated rings. The summed E-state index contributed by atoms with van der Waals surface area (Å²) in [7, 11) is 4.04. The molecule has 92 valence electrons. The second kappa shape index (κ2) is 8.08. The topological polar surface area (TPSA) is 41.3 Å². The van der Waals surface area contributed by atoms with Gasteiger partial charge in [0, 0.05) is 26.2 Å². The van der Waals surface area contributed by atoms with E-state index in [0.717, 1.165) is 6.42 Å². The molecule has 0 aromatic heterocycles. The van der Waals surface area contributed by atoms with Crippen molar-refractivity contribution in [3.8, 4) is 0 Å². The first-order valence-electron chi connectivity index (χ1n) is 6.19. The largest absolute Gasteiger partial charge is 0.329 e. The van der Waals surface area contributed by atoms with Gasteiger partial charge in [-0.15, -0.1) is 0 Å². The predicted molar refractivity (Wildman–Crippen MR) is 67.7 cm³/mol. The van der Waals surface area contributed by atoms with Gasteiger partial charge in [0.15, 0.2) is 0 Å². The van der Waals surface area contributed by atoms with Crippen molar-refractivity contribution in [2.24, 2.45) is 5.73 Å². The van der Waals surface area contributed by atoms with E-state index in [1.54, 1.807) is 0 Å². The second-order valence-corrected chi connectivity index (χ2v) is 4.94. The van der Waals surface area contributed by atoms with Gasteiger partial charge in [0.25, 0.3) is 0 Å². The van der Waals surface area contributed by atoms with E-state index in [0.29, 0.717) is 6.54 Å². The number of unbranched alkanes of at least 4 members (excludes halogenated alkanes) is 4. The van der Waals surface area contributed by atoms with Gasteiger partial charge >= 0.3 is 0 Å². The minimum absolute atomic E-state index is 0.0652. The SMILES string of the molecule is CCCCCCCC(C)(CN)NN(C)C. The van der Waals surface area contributed by atoms with Crippen LogP contribution >= 0.6 is 0 Å². The van der Waals surface area contributed by atoms with Crippen LogP contribution < -0.4 is 11.2 Å². The van der Waals surface area contributed by atoms with Crippen molar-refractivity contribution >= 4 is 0 Å². The molecule has 0 rings (SSSR count).